The van der Waals surface area contributed by atoms with Crippen LogP contribution in [0, 0.1) is 12.8 Å². The number of rotatable bonds is 4. The molecule has 6 nitrogen and oxygen atoms in total. The summed E-state index contributed by atoms with van der Waals surface area (Å²) in [5, 5.41) is 8.78. The summed E-state index contributed by atoms with van der Waals surface area (Å²) < 4.78 is 5.42. The molecule has 6 heteroatoms. The fraction of sp³-hybridized carbons (Fsp3) is 0.462. The van der Waals surface area contributed by atoms with Gasteiger partial charge in [-0.1, -0.05) is 0 Å². The van der Waals surface area contributed by atoms with Crippen LogP contribution in [0.2, 0.25) is 0 Å². The lowest BCUT2D eigenvalue weighted by Gasteiger charge is -2.18. The third-order valence-corrected chi connectivity index (χ3v) is 2.93. The Balaban J connectivity index is 0.000000861. The molecular formula is C13H17N3O3. The number of aromatic carboxylic acids is 1. The molecule has 2 rings (SSSR count). The molecule has 1 aromatic rings. The van der Waals surface area contributed by atoms with Crippen LogP contribution in [0.3, 0.4) is 0 Å². The van der Waals surface area contributed by atoms with Crippen molar-refractivity contribution in [2.24, 2.45) is 0 Å². The number of terminal acetylenes is 1. The highest BCUT2D eigenvalue weighted by Crippen LogP contribution is 2.15. The molecule has 0 spiro atoms. The number of carbonyl (C=O) groups is 1. The number of aromatic nitrogens is 2. The molecule has 0 aliphatic carbocycles. The van der Waals surface area contributed by atoms with E-state index in [1.165, 1.54) is 18.7 Å². The SMILES string of the molecule is C#C.CN1CCC[C@H]1COc1nccc(C(=O)O)n1. The van der Waals surface area contributed by atoms with Crippen molar-refractivity contribution >= 4 is 5.97 Å². The maximum absolute atomic E-state index is 10.7. The number of carboxylic acids is 1. The maximum atomic E-state index is 10.7. The predicted octanol–water partition coefficient (Wildman–Crippen LogP) is 0.897. The topological polar surface area (TPSA) is 75.5 Å². The average molecular weight is 263 g/mol. The van der Waals surface area contributed by atoms with Gasteiger partial charge in [-0.3, -0.25) is 0 Å². The first-order valence-corrected chi connectivity index (χ1v) is 5.89. The molecule has 1 saturated heterocycles. The minimum atomic E-state index is -1.07. The third kappa shape index (κ3) is 4.23. The molecule has 0 radical (unpaired) electrons. The first-order valence-electron chi connectivity index (χ1n) is 5.89. The molecule has 0 unspecified atom stereocenters. The van der Waals surface area contributed by atoms with E-state index in [1.54, 1.807) is 0 Å². The number of nitrogens with zero attached hydrogens (tertiary/aromatic N) is 3. The first-order chi connectivity index (χ1) is 9.16. The van der Waals surface area contributed by atoms with Crippen LogP contribution in [-0.4, -0.2) is 52.2 Å². The second-order valence-electron chi connectivity index (χ2n) is 4.12. The summed E-state index contributed by atoms with van der Waals surface area (Å²) in [5.41, 5.74) is -0.0465. The Labute approximate surface area is 112 Å². The van der Waals surface area contributed by atoms with Crippen LogP contribution in [0.4, 0.5) is 0 Å². The van der Waals surface area contributed by atoms with Crippen LogP contribution in [0.1, 0.15) is 23.3 Å². The summed E-state index contributed by atoms with van der Waals surface area (Å²) in [6.07, 6.45) is 11.7. The molecule has 1 aliphatic rings. The Morgan fingerprint density at radius 3 is 2.95 bits per heavy atom. The van der Waals surface area contributed by atoms with Crippen LogP contribution < -0.4 is 4.74 Å². The number of likely N-dealkylation sites (tertiary alicyclic amines) is 1. The zero-order chi connectivity index (χ0) is 14.3. The summed E-state index contributed by atoms with van der Waals surface area (Å²) in [6.45, 7) is 1.57. The van der Waals surface area contributed by atoms with Gasteiger partial charge in [-0.2, -0.15) is 4.98 Å². The largest absolute Gasteiger partial charge is 0.477 e. The number of ether oxygens (including phenoxy) is 1. The standard InChI is InChI=1S/C11H15N3O3.C2H2/c1-14-6-2-3-8(14)7-17-11-12-5-4-9(13-11)10(15)16;1-2/h4-5,8H,2-3,6-7H2,1H3,(H,15,16);1-2H/t8-;/m0./s1. The third-order valence-electron chi connectivity index (χ3n) is 2.93. The summed E-state index contributed by atoms with van der Waals surface area (Å²) in [5.74, 6) is -1.07. The van der Waals surface area contributed by atoms with E-state index in [2.05, 4.69) is 34.8 Å². The molecule has 102 valence electrons. The van der Waals surface area contributed by atoms with Crippen molar-refractivity contribution in [2.45, 2.75) is 18.9 Å². The highest BCUT2D eigenvalue weighted by Gasteiger charge is 2.21. The van der Waals surface area contributed by atoms with Crippen molar-refractivity contribution in [2.75, 3.05) is 20.2 Å². The van der Waals surface area contributed by atoms with Crippen LogP contribution in [0.5, 0.6) is 6.01 Å². The summed E-state index contributed by atoms with van der Waals surface area (Å²) >= 11 is 0. The Hall–Kier alpha value is -2.13. The van der Waals surface area contributed by atoms with Crippen molar-refractivity contribution in [3.63, 3.8) is 0 Å². The average Bonchev–Trinajstić information content (AvgIpc) is 2.84. The summed E-state index contributed by atoms with van der Waals surface area (Å²) in [6, 6.07) is 1.84. The van der Waals surface area contributed by atoms with Crippen LogP contribution in [-0.2, 0) is 0 Å². The number of likely N-dealkylation sites (N-methyl/N-ethyl adjacent to an activating group) is 1. The molecule has 1 atom stereocenters. The predicted molar refractivity (Wildman–Crippen MR) is 70.0 cm³/mol. The Morgan fingerprint density at radius 2 is 2.37 bits per heavy atom. The van der Waals surface area contributed by atoms with Gasteiger partial charge in [-0.05, 0) is 32.5 Å². The van der Waals surface area contributed by atoms with Gasteiger partial charge in [0.2, 0.25) is 0 Å². The van der Waals surface area contributed by atoms with E-state index in [-0.39, 0.29) is 11.7 Å². The van der Waals surface area contributed by atoms with E-state index in [0.717, 1.165) is 13.0 Å². The van der Waals surface area contributed by atoms with Crippen molar-refractivity contribution in [1.29, 1.82) is 0 Å². The van der Waals surface area contributed by atoms with Crippen LogP contribution in [0.25, 0.3) is 0 Å². The van der Waals surface area contributed by atoms with Crippen molar-refractivity contribution in [3.05, 3.63) is 18.0 Å². The van der Waals surface area contributed by atoms with E-state index in [9.17, 15) is 4.79 Å². The molecule has 2 heterocycles. The normalized spacial score (nSPS) is 18.4. The highest BCUT2D eigenvalue weighted by atomic mass is 16.5. The summed E-state index contributed by atoms with van der Waals surface area (Å²) in [7, 11) is 2.05. The van der Waals surface area contributed by atoms with Gasteiger partial charge >= 0.3 is 12.0 Å². The van der Waals surface area contributed by atoms with Crippen molar-refractivity contribution < 1.29 is 14.6 Å². The van der Waals surface area contributed by atoms with E-state index in [0.29, 0.717) is 12.6 Å². The molecule has 1 fully saturated rings. The summed E-state index contributed by atoms with van der Waals surface area (Å²) in [4.78, 5) is 20.6. The lowest BCUT2D eigenvalue weighted by Crippen LogP contribution is -2.30. The van der Waals surface area contributed by atoms with Gasteiger partial charge < -0.3 is 14.7 Å². The Kier molecular flexibility index (Phi) is 5.76. The van der Waals surface area contributed by atoms with Gasteiger partial charge in [0.25, 0.3) is 0 Å². The molecular weight excluding hydrogens is 246 g/mol. The molecule has 1 aromatic heterocycles. The number of carboxylic acid groups (broad SMARTS) is 1. The van der Waals surface area contributed by atoms with E-state index >= 15 is 0 Å². The lowest BCUT2D eigenvalue weighted by molar-refractivity contribution is 0.0688. The van der Waals surface area contributed by atoms with E-state index in [1.807, 2.05) is 0 Å². The zero-order valence-corrected chi connectivity index (χ0v) is 10.8. The van der Waals surface area contributed by atoms with Gasteiger partial charge in [-0.15, -0.1) is 12.8 Å². The molecule has 0 saturated carbocycles. The van der Waals surface area contributed by atoms with Crippen molar-refractivity contribution in [1.82, 2.24) is 14.9 Å². The molecule has 19 heavy (non-hydrogen) atoms. The number of hydrogen-bond acceptors (Lipinski definition) is 5. The van der Waals surface area contributed by atoms with E-state index in [4.69, 9.17) is 9.84 Å². The quantitative estimate of drug-likeness (QED) is 0.813. The zero-order valence-electron chi connectivity index (χ0n) is 10.8. The monoisotopic (exact) mass is 263 g/mol. The van der Waals surface area contributed by atoms with Gasteiger partial charge in [-0.25, -0.2) is 9.78 Å². The Bertz CT molecular complexity index is 448. The minimum absolute atomic E-state index is 0.0465. The molecule has 1 aliphatic heterocycles. The van der Waals surface area contributed by atoms with Gasteiger partial charge in [0, 0.05) is 12.2 Å². The van der Waals surface area contributed by atoms with Gasteiger partial charge in [0.05, 0.1) is 0 Å². The van der Waals surface area contributed by atoms with Crippen LogP contribution in [0.15, 0.2) is 12.3 Å². The fourth-order valence-corrected chi connectivity index (χ4v) is 1.89. The molecule has 0 amide bonds. The van der Waals surface area contributed by atoms with E-state index < -0.39 is 5.97 Å². The maximum Gasteiger partial charge on any atom is 0.354 e. The van der Waals surface area contributed by atoms with Gasteiger partial charge in [0.1, 0.15) is 6.61 Å². The second kappa shape index (κ2) is 7.34. The number of hydrogen-bond donors (Lipinski definition) is 1. The smallest absolute Gasteiger partial charge is 0.354 e. The first kappa shape index (κ1) is 14.9. The Morgan fingerprint density at radius 1 is 1.63 bits per heavy atom. The molecule has 1 N–H and O–H groups in total. The second-order valence-corrected chi connectivity index (χ2v) is 4.12. The molecule has 0 aromatic carbocycles. The lowest BCUT2D eigenvalue weighted by atomic mass is 10.2. The fourth-order valence-electron chi connectivity index (χ4n) is 1.89. The van der Waals surface area contributed by atoms with Crippen LogP contribution >= 0.6 is 0 Å². The molecule has 0 bridgehead atoms. The minimum Gasteiger partial charge on any atom is -0.477 e. The van der Waals surface area contributed by atoms with Crippen molar-refractivity contribution in [3.8, 4) is 18.9 Å². The highest BCUT2D eigenvalue weighted by molar-refractivity contribution is 5.85. The van der Waals surface area contributed by atoms with Gasteiger partial charge in [0.15, 0.2) is 5.69 Å².